The molecule has 0 bridgehead atoms. The van der Waals surface area contributed by atoms with Crippen molar-refractivity contribution >= 4 is 21.6 Å². The number of carbonyl (C=O) groups is 1. The van der Waals surface area contributed by atoms with Gasteiger partial charge in [0.25, 0.3) is 5.88 Å². The molecular formula is C26H28N4O6S. The van der Waals surface area contributed by atoms with Crippen LogP contribution < -0.4 is 14.3 Å². The molecule has 0 aliphatic carbocycles. The van der Waals surface area contributed by atoms with Gasteiger partial charge in [-0.05, 0) is 43.7 Å². The van der Waals surface area contributed by atoms with E-state index in [-0.39, 0.29) is 23.0 Å². The van der Waals surface area contributed by atoms with Crippen molar-refractivity contribution in [3.05, 3.63) is 72.1 Å². The molecule has 11 heteroatoms. The van der Waals surface area contributed by atoms with Crippen LogP contribution in [0.4, 0.5) is 4.79 Å². The van der Waals surface area contributed by atoms with Gasteiger partial charge in [0.2, 0.25) is 5.88 Å². The Morgan fingerprint density at radius 1 is 1.00 bits per heavy atom. The van der Waals surface area contributed by atoms with Gasteiger partial charge in [-0.25, -0.2) is 18.2 Å². The third-order valence-corrected chi connectivity index (χ3v) is 7.02. The Bertz CT molecular complexity index is 1370. The van der Waals surface area contributed by atoms with Crippen LogP contribution in [-0.2, 0) is 9.84 Å². The first-order valence-electron chi connectivity index (χ1n) is 11.7. The standard InChI is InChI=1S/C26H28N4O6S/c1-18-24(34-22-13-15-30(16-14-22)26(31)35-21-7-5-4-6-8-21)27-17-28-25(18)36-29-19(2)20-9-11-23(12-10-20)37(3,32)33/h4-12,17,22H,13-16H2,1-3H3/b29-19-. The summed E-state index contributed by atoms with van der Waals surface area (Å²) in [5.41, 5.74) is 1.86. The number of piperidine rings is 1. The van der Waals surface area contributed by atoms with Gasteiger partial charge in [0, 0.05) is 32.2 Å². The topological polar surface area (TPSA) is 120 Å². The first-order chi connectivity index (χ1) is 17.7. The molecule has 0 N–H and O–H groups in total. The van der Waals surface area contributed by atoms with E-state index in [2.05, 4.69) is 15.1 Å². The second-order valence-electron chi connectivity index (χ2n) is 8.66. The van der Waals surface area contributed by atoms with Crippen LogP contribution in [0, 0.1) is 6.92 Å². The minimum atomic E-state index is -3.27. The van der Waals surface area contributed by atoms with Crippen molar-refractivity contribution in [1.82, 2.24) is 14.9 Å². The summed E-state index contributed by atoms with van der Waals surface area (Å²) < 4.78 is 34.8. The van der Waals surface area contributed by atoms with E-state index in [0.717, 1.165) is 6.26 Å². The molecule has 0 atom stereocenters. The molecule has 3 aromatic rings. The molecule has 0 spiro atoms. The summed E-state index contributed by atoms with van der Waals surface area (Å²) in [5, 5.41) is 4.13. The van der Waals surface area contributed by atoms with Crippen LogP contribution in [0.5, 0.6) is 17.5 Å². The number of para-hydroxylation sites is 1. The SMILES string of the molecule is C/C(=N/Oc1ncnc(OC2CCN(C(=O)Oc3ccccc3)CC2)c1C)c1ccc(S(C)(=O)=O)cc1. The molecule has 1 aromatic heterocycles. The second kappa shape index (κ2) is 11.4. The van der Waals surface area contributed by atoms with E-state index in [1.807, 2.05) is 18.2 Å². The largest absolute Gasteiger partial charge is 0.474 e. The summed E-state index contributed by atoms with van der Waals surface area (Å²) in [6.07, 6.45) is 3.26. The van der Waals surface area contributed by atoms with Crippen LogP contribution in [0.25, 0.3) is 0 Å². The molecular weight excluding hydrogens is 496 g/mol. The van der Waals surface area contributed by atoms with Crippen molar-refractivity contribution < 1.29 is 27.5 Å². The molecule has 0 saturated carbocycles. The number of ether oxygens (including phenoxy) is 2. The van der Waals surface area contributed by atoms with E-state index < -0.39 is 9.84 Å². The van der Waals surface area contributed by atoms with Crippen molar-refractivity contribution in [2.45, 2.75) is 37.7 Å². The summed E-state index contributed by atoms with van der Waals surface area (Å²) in [6.45, 7) is 4.54. The Kier molecular flexibility index (Phi) is 8.02. The smallest absolute Gasteiger partial charge is 0.415 e. The highest BCUT2D eigenvalue weighted by molar-refractivity contribution is 7.90. The number of sulfone groups is 1. The van der Waals surface area contributed by atoms with E-state index in [0.29, 0.717) is 54.4 Å². The van der Waals surface area contributed by atoms with Gasteiger partial charge in [0.05, 0.1) is 16.2 Å². The van der Waals surface area contributed by atoms with Crippen LogP contribution in [0.2, 0.25) is 0 Å². The van der Waals surface area contributed by atoms with Gasteiger partial charge in [0.15, 0.2) is 9.84 Å². The minimum absolute atomic E-state index is 0.124. The third kappa shape index (κ3) is 6.82. The number of aromatic nitrogens is 2. The lowest BCUT2D eigenvalue weighted by Crippen LogP contribution is -2.43. The van der Waals surface area contributed by atoms with Gasteiger partial charge in [-0.3, -0.25) is 0 Å². The maximum atomic E-state index is 12.4. The zero-order chi connectivity index (χ0) is 26.4. The van der Waals surface area contributed by atoms with Crippen molar-refractivity contribution in [1.29, 1.82) is 0 Å². The third-order valence-electron chi connectivity index (χ3n) is 5.89. The molecule has 0 unspecified atom stereocenters. The lowest BCUT2D eigenvalue weighted by Gasteiger charge is -2.31. The number of hydrogen-bond donors (Lipinski definition) is 0. The van der Waals surface area contributed by atoms with E-state index in [4.69, 9.17) is 14.3 Å². The summed E-state index contributed by atoms with van der Waals surface area (Å²) in [7, 11) is -3.27. The van der Waals surface area contributed by atoms with Gasteiger partial charge in [-0.15, -0.1) is 0 Å². The Morgan fingerprint density at radius 3 is 2.30 bits per heavy atom. The Balaban J connectivity index is 1.33. The number of carbonyl (C=O) groups excluding carboxylic acids is 1. The molecule has 194 valence electrons. The number of nitrogens with zero attached hydrogens (tertiary/aromatic N) is 4. The molecule has 1 aliphatic heterocycles. The molecule has 1 fully saturated rings. The Morgan fingerprint density at radius 2 is 1.65 bits per heavy atom. The summed E-state index contributed by atoms with van der Waals surface area (Å²) >= 11 is 0. The number of hydrogen-bond acceptors (Lipinski definition) is 9. The normalized spacial score (nSPS) is 14.8. The Hall–Kier alpha value is -3.99. The fraction of sp³-hybridized carbons (Fsp3) is 0.308. The number of rotatable bonds is 7. The average molecular weight is 525 g/mol. The quantitative estimate of drug-likeness (QED) is 0.336. The zero-order valence-corrected chi connectivity index (χ0v) is 21.6. The maximum Gasteiger partial charge on any atom is 0.415 e. The highest BCUT2D eigenvalue weighted by Gasteiger charge is 2.26. The van der Waals surface area contributed by atoms with E-state index in [1.54, 1.807) is 43.0 Å². The monoisotopic (exact) mass is 524 g/mol. The van der Waals surface area contributed by atoms with Crippen LogP contribution in [-0.4, -0.2) is 60.5 Å². The predicted octanol–water partition coefficient (Wildman–Crippen LogP) is 4.03. The summed E-state index contributed by atoms with van der Waals surface area (Å²) in [6, 6.07) is 15.4. The van der Waals surface area contributed by atoms with Crippen molar-refractivity contribution in [2.75, 3.05) is 19.3 Å². The number of amides is 1. The van der Waals surface area contributed by atoms with Crippen molar-refractivity contribution in [3.63, 3.8) is 0 Å². The van der Waals surface area contributed by atoms with E-state index in [1.165, 1.54) is 18.5 Å². The van der Waals surface area contributed by atoms with Crippen LogP contribution in [0.3, 0.4) is 0 Å². The van der Waals surface area contributed by atoms with E-state index in [9.17, 15) is 13.2 Å². The number of benzene rings is 2. The minimum Gasteiger partial charge on any atom is -0.474 e. The van der Waals surface area contributed by atoms with Gasteiger partial charge >= 0.3 is 6.09 Å². The van der Waals surface area contributed by atoms with Gasteiger partial charge in [-0.1, -0.05) is 35.5 Å². The molecule has 1 saturated heterocycles. The lowest BCUT2D eigenvalue weighted by atomic mass is 10.1. The molecule has 1 aliphatic rings. The molecule has 4 rings (SSSR count). The maximum absolute atomic E-state index is 12.4. The van der Waals surface area contributed by atoms with Crippen LogP contribution in [0.1, 0.15) is 30.9 Å². The lowest BCUT2D eigenvalue weighted by molar-refractivity contribution is 0.0896. The van der Waals surface area contributed by atoms with Gasteiger partial charge in [0.1, 0.15) is 18.2 Å². The predicted molar refractivity (Wildman–Crippen MR) is 137 cm³/mol. The molecule has 1 amide bonds. The molecule has 10 nitrogen and oxygen atoms in total. The first-order valence-corrected chi connectivity index (χ1v) is 13.6. The molecule has 37 heavy (non-hydrogen) atoms. The van der Waals surface area contributed by atoms with Crippen LogP contribution >= 0.6 is 0 Å². The summed E-state index contributed by atoms with van der Waals surface area (Å²) in [5.74, 6) is 1.15. The fourth-order valence-electron chi connectivity index (χ4n) is 3.71. The zero-order valence-electron chi connectivity index (χ0n) is 20.8. The average Bonchev–Trinajstić information content (AvgIpc) is 2.89. The number of oxime groups is 1. The molecule has 0 radical (unpaired) electrons. The highest BCUT2D eigenvalue weighted by Crippen LogP contribution is 2.26. The van der Waals surface area contributed by atoms with Crippen molar-refractivity contribution in [3.8, 4) is 17.5 Å². The summed E-state index contributed by atoms with van der Waals surface area (Å²) in [4.78, 5) is 28.2. The fourth-order valence-corrected chi connectivity index (χ4v) is 4.34. The second-order valence-corrected chi connectivity index (χ2v) is 10.7. The molecule has 2 aromatic carbocycles. The van der Waals surface area contributed by atoms with Gasteiger partial charge < -0.3 is 19.2 Å². The number of likely N-dealkylation sites (tertiary alicyclic amines) is 1. The highest BCUT2D eigenvalue weighted by atomic mass is 32.2. The van der Waals surface area contributed by atoms with Gasteiger partial charge in [-0.2, -0.15) is 4.98 Å². The molecule has 2 heterocycles. The first kappa shape index (κ1) is 26.1. The van der Waals surface area contributed by atoms with Crippen LogP contribution in [0.15, 0.2) is 71.0 Å². The van der Waals surface area contributed by atoms with Crippen molar-refractivity contribution in [2.24, 2.45) is 5.16 Å². The van der Waals surface area contributed by atoms with E-state index >= 15 is 0 Å². The Labute approximate surface area is 215 Å².